The summed E-state index contributed by atoms with van der Waals surface area (Å²) in [6, 6.07) is 12.1. The zero-order valence-corrected chi connectivity index (χ0v) is 7.90. The van der Waals surface area contributed by atoms with Crippen molar-refractivity contribution in [1.82, 2.24) is 4.98 Å². The van der Waals surface area contributed by atoms with Gasteiger partial charge in [0.15, 0.2) is 0 Å². The molecule has 3 heteroatoms. The van der Waals surface area contributed by atoms with Crippen molar-refractivity contribution in [2.24, 2.45) is 0 Å². The second kappa shape index (κ2) is 3.81. The summed E-state index contributed by atoms with van der Waals surface area (Å²) in [5.41, 5.74) is 1.55. The molecule has 1 aromatic carbocycles. The number of nitrogens with one attached hydrogen (secondary N) is 1. The van der Waals surface area contributed by atoms with Crippen molar-refractivity contribution >= 4 is 5.78 Å². The lowest BCUT2D eigenvalue weighted by Crippen LogP contribution is -2.01. The molecule has 2 aromatic rings. The van der Waals surface area contributed by atoms with E-state index in [1.165, 1.54) is 0 Å². The predicted octanol–water partition coefficient (Wildman–Crippen LogP) is 2.12. The molecule has 1 N–H and O–H groups in total. The van der Waals surface area contributed by atoms with Crippen molar-refractivity contribution in [3.63, 3.8) is 0 Å². The molecule has 0 aliphatic rings. The maximum absolute atomic E-state index is 11.8. The Labute approximate surface area is 87.0 Å². The molecule has 72 valence electrons. The lowest BCUT2D eigenvalue weighted by Gasteiger charge is -1.98. The first kappa shape index (κ1) is 9.22. The number of hydrogen-bond acceptors (Lipinski definition) is 2. The monoisotopic (exact) mass is 196 g/mol. The summed E-state index contributed by atoms with van der Waals surface area (Å²) in [5, 5.41) is 8.71. The van der Waals surface area contributed by atoms with E-state index in [9.17, 15) is 4.79 Å². The van der Waals surface area contributed by atoms with Gasteiger partial charge in [-0.25, -0.2) is 0 Å². The standard InChI is InChI=1S/C12H8N2O/c13-8-9-3-1-4-10(7-9)12(15)11-5-2-6-14-11/h1-7,14H. The second-order valence-electron chi connectivity index (χ2n) is 3.11. The predicted molar refractivity (Wildman–Crippen MR) is 55.4 cm³/mol. The molecule has 0 aliphatic carbocycles. The second-order valence-corrected chi connectivity index (χ2v) is 3.11. The van der Waals surface area contributed by atoms with Crippen LogP contribution in [-0.4, -0.2) is 10.8 Å². The molecule has 0 bridgehead atoms. The first-order valence-corrected chi connectivity index (χ1v) is 4.49. The molecule has 0 spiro atoms. The zero-order valence-electron chi connectivity index (χ0n) is 7.90. The number of benzene rings is 1. The Hall–Kier alpha value is -2.34. The molecule has 3 nitrogen and oxygen atoms in total. The molecule has 0 saturated carbocycles. The minimum absolute atomic E-state index is 0.0999. The third-order valence-corrected chi connectivity index (χ3v) is 2.10. The Morgan fingerprint density at radius 1 is 1.27 bits per heavy atom. The van der Waals surface area contributed by atoms with Gasteiger partial charge in [-0.2, -0.15) is 5.26 Å². The Kier molecular flexibility index (Phi) is 2.34. The number of aromatic nitrogens is 1. The smallest absolute Gasteiger partial charge is 0.209 e. The molecular formula is C12H8N2O. The summed E-state index contributed by atoms with van der Waals surface area (Å²) in [5.74, 6) is -0.0999. The number of aromatic amines is 1. The van der Waals surface area contributed by atoms with Gasteiger partial charge < -0.3 is 4.98 Å². The third-order valence-electron chi connectivity index (χ3n) is 2.10. The van der Waals surface area contributed by atoms with Crippen LogP contribution in [-0.2, 0) is 0 Å². The minimum atomic E-state index is -0.0999. The van der Waals surface area contributed by atoms with E-state index in [0.29, 0.717) is 16.8 Å². The van der Waals surface area contributed by atoms with Crippen LogP contribution < -0.4 is 0 Å². The number of carbonyl (C=O) groups is 1. The van der Waals surface area contributed by atoms with Gasteiger partial charge in [0, 0.05) is 11.8 Å². The Morgan fingerprint density at radius 3 is 2.80 bits per heavy atom. The van der Waals surface area contributed by atoms with Gasteiger partial charge in [-0.3, -0.25) is 4.79 Å². The van der Waals surface area contributed by atoms with Gasteiger partial charge in [-0.05, 0) is 24.3 Å². The van der Waals surface area contributed by atoms with E-state index in [4.69, 9.17) is 5.26 Å². The number of rotatable bonds is 2. The third kappa shape index (κ3) is 1.79. The summed E-state index contributed by atoms with van der Waals surface area (Å²) < 4.78 is 0. The molecule has 15 heavy (non-hydrogen) atoms. The Bertz CT molecular complexity index is 521. The quantitative estimate of drug-likeness (QED) is 0.748. The Balaban J connectivity index is 2.39. The lowest BCUT2D eigenvalue weighted by molar-refractivity contribution is 0.103. The van der Waals surface area contributed by atoms with Crippen molar-refractivity contribution in [2.75, 3.05) is 0 Å². The Morgan fingerprint density at radius 2 is 2.13 bits per heavy atom. The van der Waals surface area contributed by atoms with Crippen LogP contribution in [0.2, 0.25) is 0 Å². The van der Waals surface area contributed by atoms with Crippen LogP contribution in [0.3, 0.4) is 0 Å². The van der Waals surface area contributed by atoms with Crippen LogP contribution >= 0.6 is 0 Å². The first-order chi connectivity index (χ1) is 7.31. The molecule has 0 aliphatic heterocycles. The molecular weight excluding hydrogens is 188 g/mol. The molecule has 0 saturated heterocycles. The van der Waals surface area contributed by atoms with Crippen LogP contribution in [0.4, 0.5) is 0 Å². The minimum Gasteiger partial charge on any atom is -0.359 e. The van der Waals surface area contributed by atoms with Crippen LogP contribution in [0.5, 0.6) is 0 Å². The SMILES string of the molecule is N#Cc1cccc(C(=O)c2ccc[nH]2)c1. The van der Waals surface area contributed by atoms with Gasteiger partial charge in [-0.15, -0.1) is 0 Å². The van der Waals surface area contributed by atoms with Crippen molar-refractivity contribution in [2.45, 2.75) is 0 Å². The van der Waals surface area contributed by atoms with Crippen LogP contribution in [0.15, 0.2) is 42.6 Å². The van der Waals surface area contributed by atoms with Gasteiger partial charge >= 0.3 is 0 Å². The fourth-order valence-electron chi connectivity index (χ4n) is 1.36. The van der Waals surface area contributed by atoms with Crippen molar-refractivity contribution in [3.8, 4) is 6.07 Å². The fourth-order valence-corrected chi connectivity index (χ4v) is 1.36. The maximum Gasteiger partial charge on any atom is 0.209 e. The molecule has 0 unspecified atom stereocenters. The fraction of sp³-hybridized carbons (Fsp3) is 0. The van der Waals surface area contributed by atoms with Crippen LogP contribution in [0.25, 0.3) is 0 Å². The number of H-pyrrole nitrogens is 1. The summed E-state index contributed by atoms with van der Waals surface area (Å²) in [6.07, 6.45) is 1.70. The summed E-state index contributed by atoms with van der Waals surface area (Å²) >= 11 is 0. The first-order valence-electron chi connectivity index (χ1n) is 4.49. The van der Waals surface area contributed by atoms with Crippen LogP contribution in [0, 0.1) is 11.3 Å². The molecule has 0 radical (unpaired) electrons. The topological polar surface area (TPSA) is 56.6 Å². The summed E-state index contributed by atoms with van der Waals surface area (Å²) in [4.78, 5) is 14.7. The molecule has 0 amide bonds. The number of nitriles is 1. The maximum atomic E-state index is 11.8. The summed E-state index contributed by atoms with van der Waals surface area (Å²) in [7, 11) is 0. The van der Waals surface area contributed by atoms with E-state index >= 15 is 0 Å². The highest BCUT2D eigenvalue weighted by molar-refractivity contribution is 6.07. The highest BCUT2D eigenvalue weighted by Gasteiger charge is 2.09. The number of hydrogen-bond donors (Lipinski definition) is 1. The zero-order chi connectivity index (χ0) is 10.7. The van der Waals surface area contributed by atoms with E-state index in [0.717, 1.165) is 0 Å². The van der Waals surface area contributed by atoms with E-state index in [1.54, 1.807) is 42.6 Å². The molecule has 0 atom stereocenters. The van der Waals surface area contributed by atoms with E-state index in [2.05, 4.69) is 4.98 Å². The normalized spacial score (nSPS) is 9.53. The lowest BCUT2D eigenvalue weighted by atomic mass is 10.1. The highest BCUT2D eigenvalue weighted by atomic mass is 16.1. The molecule has 2 rings (SSSR count). The number of nitrogens with zero attached hydrogens (tertiary/aromatic N) is 1. The van der Waals surface area contributed by atoms with Crippen molar-refractivity contribution < 1.29 is 4.79 Å². The van der Waals surface area contributed by atoms with Gasteiger partial charge in [0.1, 0.15) is 0 Å². The van der Waals surface area contributed by atoms with E-state index in [-0.39, 0.29) is 5.78 Å². The number of carbonyl (C=O) groups excluding carboxylic acids is 1. The average Bonchev–Trinajstić information content (AvgIpc) is 2.81. The largest absolute Gasteiger partial charge is 0.359 e. The van der Waals surface area contributed by atoms with E-state index in [1.807, 2.05) is 6.07 Å². The highest BCUT2D eigenvalue weighted by Crippen LogP contribution is 2.09. The number of ketones is 1. The summed E-state index contributed by atoms with van der Waals surface area (Å²) in [6.45, 7) is 0. The molecule has 0 fully saturated rings. The van der Waals surface area contributed by atoms with Gasteiger partial charge in [0.2, 0.25) is 5.78 Å². The van der Waals surface area contributed by atoms with Crippen LogP contribution in [0.1, 0.15) is 21.6 Å². The molecule has 1 heterocycles. The van der Waals surface area contributed by atoms with Crippen molar-refractivity contribution in [1.29, 1.82) is 5.26 Å². The van der Waals surface area contributed by atoms with E-state index < -0.39 is 0 Å². The molecule has 1 aromatic heterocycles. The van der Waals surface area contributed by atoms with Crippen molar-refractivity contribution in [3.05, 3.63) is 59.4 Å². The van der Waals surface area contributed by atoms with Gasteiger partial charge in [-0.1, -0.05) is 12.1 Å². The van der Waals surface area contributed by atoms with Gasteiger partial charge in [0.25, 0.3) is 0 Å². The van der Waals surface area contributed by atoms with Gasteiger partial charge in [0.05, 0.1) is 17.3 Å². The average molecular weight is 196 g/mol.